The number of anilines is 1. The number of carbonyl (C=O) groups excluding carboxylic acids is 1. The Morgan fingerprint density at radius 3 is 2.46 bits per heavy atom. The van der Waals surface area contributed by atoms with E-state index in [0.29, 0.717) is 17.9 Å². The van der Waals surface area contributed by atoms with Crippen molar-refractivity contribution in [3.63, 3.8) is 0 Å². The minimum Gasteiger partial charge on any atom is -0.366 e. The quantitative estimate of drug-likeness (QED) is 0.735. The molecule has 144 valence electrons. The van der Waals surface area contributed by atoms with Crippen LogP contribution in [0.4, 0.5) is 5.82 Å². The molecule has 0 spiro atoms. The van der Waals surface area contributed by atoms with Gasteiger partial charge in [0.1, 0.15) is 5.82 Å². The smallest absolute Gasteiger partial charge is 0.255 e. The highest BCUT2D eigenvalue weighted by molar-refractivity contribution is 7.91. The molecule has 1 aliphatic rings. The number of fused-ring (bicyclic) bond motifs is 1. The van der Waals surface area contributed by atoms with E-state index in [0.717, 1.165) is 5.56 Å². The Hall–Kier alpha value is -2.93. The highest BCUT2D eigenvalue weighted by atomic mass is 32.2. The summed E-state index contributed by atoms with van der Waals surface area (Å²) < 4.78 is 23.0. The molecule has 6 nitrogen and oxygen atoms in total. The normalized spacial score (nSPS) is 16.1. The molecule has 0 bridgehead atoms. The molecule has 0 radical (unpaired) electrons. The van der Waals surface area contributed by atoms with Crippen LogP contribution in [-0.4, -0.2) is 48.8 Å². The first-order chi connectivity index (χ1) is 13.5. The third kappa shape index (κ3) is 4.14. The van der Waals surface area contributed by atoms with Crippen molar-refractivity contribution in [2.45, 2.75) is 6.54 Å². The van der Waals surface area contributed by atoms with Crippen LogP contribution < -0.4 is 5.32 Å². The van der Waals surface area contributed by atoms with Crippen LogP contribution in [-0.2, 0) is 16.4 Å². The molecule has 7 heteroatoms. The van der Waals surface area contributed by atoms with E-state index in [2.05, 4.69) is 40.6 Å². The number of sulfone groups is 1. The molecule has 1 amide bonds. The van der Waals surface area contributed by atoms with Crippen molar-refractivity contribution in [2.75, 3.05) is 29.9 Å². The zero-order valence-electron chi connectivity index (χ0n) is 15.3. The maximum absolute atomic E-state index is 12.5. The second kappa shape index (κ2) is 7.59. The first-order valence-corrected chi connectivity index (χ1v) is 11.0. The van der Waals surface area contributed by atoms with Gasteiger partial charge in [0.25, 0.3) is 5.91 Å². The Bertz CT molecular complexity index is 1100. The van der Waals surface area contributed by atoms with E-state index in [9.17, 15) is 13.2 Å². The van der Waals surface area contributed by atoms with Gasteiger partial charge in [0.15, 0.2) is 9.84 Å². The van der Waals surface area contributed by atoms with E-state index in [1.807, 2.05) is 12.1 Å². The van der Waals surface area contributed by atoms with Crippen LogP contribution in [0.25, 0.3) is 10.8 Å². The van der Waals surface area contributed by atoms with E-state index in [4.69, 9.17) is 0 Å². The molecule has 1 aliphatic heterocycles. The fourth-order valence-electron chi connectivity index (χ4n) is 3.26. The average molecular weight is 395 g/mol. The molecule has 0 saturated carbocycles. The molecule has 28 heavy (non-hydrogen) atoms. The predicted octanol–water partition coefficient (Wildman–Crippen LogP) is 2.72. The van der Waals surface area contributed by atoms with Gasteiger partial charge in [-0.2, -0.15) is 0 Å². The zero-order chi connectivity index (χ0) is 19.6. The van der Waals surface area contributed by atoms with Crippen LogP contribution in [0.2, 0.25) is 0 Å². The summed E-state index contributed by atoms with van der Waals surface area (Å²) in [5.41, 5.74) is 1.62. The van der Waals surface area contributed by atoms with Gasteiger partial charge in [0, 0.05) is 25.8 Å². The molecule has 1 saturated heterocycles. The summed E-state index contributed by atoms with van der Waals surface area (Å²) in [5, 5.41) is 5.67. The van der Waals surface area contributed by atoms with Gasteiger partial charge in [-0.3, -0.25) is 4.79 Å². The van der Waals surface area contributed by atoms with Gasteiger partial charge in [-0.25, -0.2) is 13.4 Å². The first kappa shape index (κ1) is 18.4. The molecule has 2 heterocycles. The van der Waals surface area contributed by atoms with Crippen molar-refractivity contribution in [1.29, 1.82) is 0 Å². The monoisotopic (exact) mass is 395 g/mol. The molecule has 0 aliphatic carbocycles. The second-order valence-corrected chi connectivity index (χ2v) is 9.21. The maximum Gasteiger partial charge on any atom is 0.255 e. The van der Waals surface area contributed by atoms with E-state index in [-0.39, 0.29) is 30.5 Å². The van der Waals surface area contributed by atoms with Gasteiger partial charge in [-0.05, 0) is 34.5 Å². The van der Waals surface area contributed by atoms with Crippen LogP contribution in [0.3, 0.4) is 0 Å². The third-order valence-electron chi connectivity index (χ3n) is 4.93. The number of carbonyl (C=O) groups is 1. The maximum atomic E-state index is 12.5. The lowest BCUT2D eigenvalue weighted by molar-refractivity contribution is 0.0770. The molecule has 0 unspecified atom stereocenters. The molecule has 1 N–H and O–H groups in total. The van der Waals surface area contributed by atoms with Crippen LogP contribution in [0.15, 0.2) is 60.8 Å². The Morgan fingerprint density at radius 1 is 1.00 bits per heavy atom. The van der Waals surface area contributed by atoms with Gasteiger partial charge in [-0.1, -0.05) is 36.4 Å². The van der Waals surface area contributed by atoms with Crippen molar-refractivity contribution in [2.24, 2.45) is 0 Å². The largest absolute Gasteiger partial charge is 0.366 e. The minimum atomic E-state index is -3.01. The van der Waals surface area contributed by atoms with E-state index >= 15 is 0 Å². The van der Waals surface area contributed by atoms with Crippen molar-refractivity contribution < 1.29 is 13.2 Å². The van der Waals surface area contributed by atoms with Crippen molar-refractivity contribution in [3.8, 4) is 0 Å². The number of amides is 1. The SMILES string of the molecule is O=C(c1ccc(NCc2ccc3ccccc3c2)nc1)N1CCS(=O)(=O)CC1. The summed E-state index contributed by atoms with van der Waals surface area (Å²) in [4.78, 5) is 18.4. The molecule has 1 fully saturated rings. The first-order valence-electron chi connectivity index (χ1n) is 9.17. The molecular weight excluding hydrogens is 374 g/mol. The minimum absolute atomic E-state index is 0.0254. The number of nitrogens with one attached hydrogen (secondary N) is 1. The standard InChI is InChI=1S/C21H21N3O3S/c25-21(24-9-11-28(26,27)12-10-24)19-7-8-20(23-15-19)22-14-16-5-6-17-3-1-2-4-18(17)13-16/h1-8,13,15H,9-12,14H2,(H,22,23). The topological polar surface area (TPSA) is 79.4 Å². The average Bonchev–Trinajstić information content (AvgIpc) is 2.72. The molecule has 3 aromatic rings. The van der Waals surface area contributed by atoms with Gasteiger partial charge >= 0.3 is 0 Å². The van der Waals surface area contributed by atoms with Gasteiger partial charge in [-0.15, -0.1) is 0 Å². The Kier molecular flexibility index (Phi) is 5.00. The lowest BCUT2D eigenvalue weighted by atomic mass is 10.1. The number of aromatic nitrogens is 1. The van der Waals surface area contributed by atoms with Crippen molar-refractivity contribution >= 4 is 32.3 Å². The zero-order valence-corrected chi connectivity index (χ0v) is 16.2. The third-order valence-corrected chi connectivity index (χ3v) is 6.54. The summed E-state index contributed by atoms with van der Waals surface area (Å²) in [6.45, 7) is 1.11. The molecule has 4 rings (SSSR count). The summed E-state index contributed by atoms with van der Waals surface area (Å²) in [6.07, 6.45) is 1.54. The molecular formula is C21H21N3O3S. The number of pyridine rings is 1. The molecule has 2 aromatic carbocycles. The lowest BCUT2D eigenvalue weighted by Gasteiger charge is -2.26. The number of hydrogen-bond acceptors (Lipinski definition) is 5. The predicted molar refractivity (Wildman–Crippen MR) is 110 cm³/mol. The van der Waals surface area contributed by atoms with E-state index < -0.39 is 9.84 Å². The Balaban J connectivity index is 1.38. The highest BCUT2D eigenvalue weighted by Crippen LogP contribution is 2.17. The summed E-state index contributed by atoms with van der Waals surface area (Å²) >= 11 is 0. The molecule has 1 aromatic heterocycles. The van der Waals surface area contributed by atoms with Crippen LogP contribution in [0.5, 0.6) is 0 Å². The summed E-state index contributed by atoms with van der Waals surface area (Å²) in [5.74, 6) is 0.559. The summed E-state index contributed by atoms with van der Waals surface area (Å²) in [6, 6.07) is 18.0. The van der Waals surface area contributed by atoms with E-state index in [1.165, 1.54) is 17.0 Å². The van der Waals surface area contributed by atoms with Gasteiger partial charge in [0.2, 0.25) is 0 Å². The molecule has 0 atom stereocenters. The fourth-order valence-corrected chi connectivity index (χ4v) is 4.47. The highest BCUT2D eigenvalue weighted by Gasteiger charge is 2.25. The number of rotatable bonds is 4. The van der Waals surface area contributed by atoms with Crippen LogP contribution in [0.1, 0.15) is 15.9 Å². The van der Waals surface area contributed by atoms with Crippen LogP contribution in [0, 0.1) is 0 Å². The van der Waals surface area contributed by atoms with E-state index in [1.54, 1.807) is 17.0 Å². The van der Waals surface area contributed by atoms with Crippen LogP contribution >= 0.6 is 0 Å². The summed E-state index contributed by atoms with van der Waals surface area (Å²) in [7, 11) is -3.01. The van der Waals surface area contributed by atoms with Gasteiger partial charge in [0.05, 0.1) is 17.1 Å². The second-order valence-electron chi connectivity index (χ2n) is 6.91. The van der Waals surface area contributed by atoms with Gasteiger partial charge < -0.3 is 10.2 Å². The Morgan fingerprint density at radius 2 is 1.75 bits per heavy atom. The van der Waals surface area contributed by atoms with Crippen molar-refractivity contribution in [3.05, 3.63) is 71.9 Å². The van der Waals surface area contributed by atoms with Crippen molar-refractivity contribution in [1.82, 2.24) is 9.88 Å². The number of benzene rings is 2. The fraction of sp³-hybridized carbons (Fsp3) is 0.238. The Labute approximate surface area is 164 Å². The lowest BCUT2D eigenvalue weighted by Crippen LogP contribution is -2.43. The number of nitrogens with zero attached hydrogens (tertiary/aromatic N) is 2. The number of hydrogen-bond donors (Lipinski definition) is 1.